The molecule has 3 N–H and O–H groups in total. The molecular weight excluding hydrogens is 466 g/mol. The average Bonchev–Trinajstić information content (AvgIpc) is 3.70. The highest BCUT2D eigenvalue weighted by Gasteiger charge is 2.35. The molecule has 186 valence electrons. The minimum Gasteiger partial charge on any atom is -0.378 e. The van der Waals surface area contributed by atoms with Crippen molar-refractivity contribution in [3.8, 4) is 11.4 Å². The monoisotopic (exact) mass is 493 g/mol. The number of fused-ring (bicyclic) bond motifs is 2. The molecule has 7 rings (SSSR count). The highest BCUT2D eigenvalue weighted by Crippen LogP contribution is 2.43. The van der Waals surface area contributed by atoms with Gasteiger partial charge in [-0.15, -0.1) is 0 Å². The number of para-hydroxylation sites is 1. The molecule has 9 nitrogen and oxygen atoms in total. The molecule has 4 heterocycles. The number of nitrogens with zero attached hydrogens (tertiary/aromatic N) is 4. The van der Waals surface area contributed by atoms with Gasteiger partial charge in [0, 0.05) is 36.6 Å². The smallest absolute Gasteiger partial charge is 0.261 e. The zero-order valence-electron chi connectivity index (χ0n) is 20.3. The van der Waals surface area contributed by atoms with E-state index in [0.717, 1.165) is 78.3 Å². The largest absolute Gasteiger partial charge is 0.378 e. The van der Waals surface area contributed by atoms with E-state index in [-0.39, 0.29) is 11.6 Å². The quantitative estimate of drug-likeness (QED) is 0.324. The minimum absolute atomic E-state index is 0.0949. The zero-order chi connectivity index (χ0) is 24.8. The predicted molar refractivity (Wildman–Crippen MR) is 144 cm³/mol. The van der Waals surface area contributed by atoms with E-state index in [1.807, 2.05) is 36.4 Å². The first-order valence-electron chi connectivity index (χ1n) is 12.8. The Morgan fingerprint density at radius 2 is 1.78 bits per heavy atom. The van der Waals surface area contributed by atoms with Crippen molar-refractivity contribution in [2.75, 3.05) is 36.5 Å². The molecule has 0 bridgehead atoms. The lowest BCUT2D eigenvalue weighted by Crippen LogP contribution is -2.36. The van der Waals surface area contributed by atoms with Gasteiger partial charge in [0.05, 0.1) is 41.5 Å². The van der Waals surface area contributed by atoms with E-state index in [0.29, 0.717) is 17.3 Å². The summed E-state index contributed by atoms with van der Waals surface area (Å²) in [6.07, 6.45) is 5.73. The van der Waals surface area contributed by atoms with Gasteiger partial charge < -0.3 is 24.9 Å². The molecular formula is C28H27N7O2. The van der Waals surface area contributed by atoms with Crippen LogP contribution in [-0.4, -0.2) is 51.2 Å². The fraction of sp³-hybridized carbons (Fsp3) is 0.286. The average molecular weight is 494 g/mol. The van der Waals surface area contributed by atoms with E-state index in [9.17, 15) is 4.79 Å². The number of pyridine rings is 1. The number of rotatable bonds is 6. The fourth-order valence-corrected chi connectivity index (χ4v) is 5.20. The summed E-state index contributed by atoms with van der Waals surface area (Å²) >= 11 is 0. The molecule has 0 radical (unpaired) electrons. The summed E-state index contributed by atoms with van der Waals surface area (Å²) in [4.78, 5) is 36.2. The number of anilines is 2. The van der Waals surface area contributed by atoms with E-state index in [2.05, 4.69) is 42.3 Å². The van der Waals surface area contributed by atoms with E-state index in [4.69, 9.17) is 9.72 Å². The van der Waals surface area contributed by atoms with Crippen molar-refractivity contribution in [2.24, 2.45) is 5.92 Å². The Bertz CT molecular complexity index is 1640. The SMILES string of the molecule is O=c1[nH]c2ccccc2c(N[C@H](c2ncccn2)C2CC2)c1-c1nc2ccc(N3CCOCC3)cc2[nH]1. The molecule has 1 atom stereocenters. The molecule has 1 saturated heterocycles. The summed E-state index contributed by atoms with van der Waals surface area (Å²) in [5.74, 6) is 1.69. The molecule has 9 heteroatoms. The van der Waals surface area contributed by atoms with Crippen LogP contribution in [0.5, 0.6) is 0 Å². The second-order valence-electron chi connectivity index (χ2n) is 9.70. The highest BCUT2D eigenvalue weighted by molar-refractivity contribution is 5.99. The number of hydrogen-bond acceptors (Lipinski definition) is 7. The Kier molecular flexibility index (Phi) is 5.35. The van der Waals surface area contributed by atoms with Crippen molar-refractivity contribution < 1.29 is 4.74 Å². The van der Waals surface area contributed by atoms with Crippen LogP contribution in [0.25, 0.3) is 33.3 Å². The van der Waals surface area contributed by atoms with Crippen LogP contribution in [0.15, 0.2) is 65.7 Å². The van der Waals surface area contributed by atoms with Gasteiger partial charge in [0.25, 0.3) is 5.56 Å². The number of nitrogens with one attached hydrogen (secondary N) is 3. The van der Waals surface area contributed by atoms with Crippen LogP contribution in [0.2, 0.25) is 0 Å². The van der Waals surface area contributed by atoms with Gasteiger partial charge in [-0.1, -0.05) is 18.2 Å². The fourth-order valence-electron chi connectivity index (χ4n) is 5.20. The van der Waals surface area contributed by atoms with Crippen molar-refractivity contribution >= 4 is 33.3 Å². The maximum Gasteiger partial charge on any atom is 0.261 e. The summed E-state index contributed by atoms with van der Waals surface area (Å²) in [6.45, 7) is 3.16. The van der Waals surface area contributed by atoms with Gasteiger partial charge in [0.1, 0.15) is 11.4 Å². The van der Waals surface area contributed by atoms with E-state index < -0.39 is 0 Å². The molecule has 0 amide bonds. The second-order valence-corrected chi connectivity index (χ2v) is 9.70. The van der Waals surface area contributed by atoms with Gasteiger partial charge in [-0.2, -0.15) is 0 Å². The third-order valence-electron chi connectivity index (χ3n) is 7.26. The maximum absolute atomic E-state index is 13.5. The summed E-state index contributed by atoms with van der Waals surface area (Å²) in [7, 11) is 0. The van der Waals surface area contributed by atoms with Crippen LogP contribution in [-0.2, 0) is 4.74 Å². The lowest BCUT2D eigenvalue weighted by molar-refractivity contribution is 0.122. The maximum atomic E-state index is 13.5. The number of hydrogen-bond donors (Lipinski definition) is 3. The molecule has 1 aliphatic heterocycles. The summed E-state index contributed by atoms with van der Waals surface area (Å²) in [5, 5.41) is 4.61. The van der Waals surface area contributed by atoms with Crippen molar-refractivity contribution in [1.29, 1.82) is 0 Å². The Hall–Kier alpha value is -4.24. The van der Waals surface area contributed by atoms with Gasteiger partial charge >= 0.3 is 0 Å². The standard InChI is InChI=1S/C28H27N7O2/c36-28-23(26-31-21-9-8-18(16-22(21)32-26)35-12-14-37-15-13-35)25(19-4-1-2-5-20(19)33-28)34-24(17-6-7-17)27-29-10-3-11-30-27/h1-5,8-11,16-17,24H,6-7,12-15H2,(H,31,32)(H2,33,34,36)/t24-/m0/s1. The third kappa shape index (κ3) is 4.11. The Morgan fingerprint density at radius 1 is 0.973 bits per heavy atom. The van der Waals surface area contributed by atoms with Crippen molar-refractivity contribution in [3.05, 3.63) is 77.1 Å². The molecule has 1 saturated carbocycles. The van der Waals surface area contributed by atoms with Crippen molar-refractivity contribution in [3.63, 3.8) is 0 Å². The van der Waals surface area contributed by atoms with Gasteiger partial charge in [-0.05, 0) is 49.1 Å². The Morgan fingerprint density at radius 3 is 2.59 bits per heavy atom. The normalized spacial score (nSPS) is 16.8. The van der Waals surface area contributed by atoms with E-state index in [1.54, 1.807) is 12.4 Å². The van der Waals surface area contributed by atoms with Crippen molar-refractivity contribution in [1.82, 2.24) is 24.9 Å². The van der Waals surface area contributed by atoms with E-state index >= 15 is 0 Å². The first kappa shape index (κ1) is 22.0. The van der Waals surface area contributed by atoms with Crippen LogP contribution in [0, 0.1) is 5.92 Å². The lowest BCUT2D eigenvalue weighted by Gasteiger charge is -2.28. The predicted octanol–water partition coefficient (Wildman–Crippen LogP) is 4.26. The molecule has 37 heavy (non-hydrogen) atoms. The topological polar surface area (TPSA) is 112 Å². The van der Waals surface area contributed by atoms with E-state index in [1.165, 1.54) is 0 Å². The molecule has 3 aromatic heterocycles. The minimum atomic E-state index is -0.197. The number of imidazole rings is 1. The number of aromatic nitrogens is 5. The van der Waals surface area contributed by atoms with Crippen LogP contribution in [0.4, 0.5) is 11.4 Å². The molecule has 0 spiro atoms. The highest BCUT2D eigenvalue weighted by atomic mass is 16.5. The third-order valence-corrected chi connectivity index (χ3v) is 7.26. The van der Waals surface area contributed by atoms with Gasteiger partial charge in [-0.25, -0.2) is 15.0 Å². The summed E-state index contributed by atoms with van der Waals surface area (Å²) < 4.78 is 5.50. The van der Waals surface area contributed by atoms with Gasteiger partial charge in [-0.3, -0.25) is 4.79 Å². The number of ether oxygens (including phenoxy) is 1. The molecule has 1 aliphatic carbocycles. The molecule has 2 aliphatic rings. The first-order chi connectivity index (χ1) is 18.2. The number of aromatic amines is 2. The number of benzene rings is 2. The van der Waals surface area contributed by atoms with Crippen LogP contribution >= 0.6 is 0 Å². The number of morpholine rings is 1. The van der Waals surface area contributed by atoms with Crippen molar-refractivity contribution in [2.45, 2.75) is 18.9 Å². The van der Waals surface area contributed by atoms with Crippen LogP contribution < -0.4 is 15.8 Å². The summed E-state index contributed by atoms with van der Waals surface area (Å²) in [6, 6.07) is 15.8. The molecule has 2 fully saturated rings. The van der Waals surface area contributed by atoms with Crippen LogP contribution in [0.1, 0.15) is 24.7 Å². The second kappa shape index (κ2) is 9.01. The Labute approximate surface area is 212 Å². The Balaban J connectivity index is 1.36. The number of H-pyrrole nitrogens is 2. The van der Waals surface area contributed by atoms with Gasteiger partial charge in [0.2, 0.25) is 0 Å². The lowest BCUT2D eigenvalue weighted by atomic mass is 10.1. The zero-order valence-corrected chi connectivity index (χ0v) is 20.3. The van der Waals surface area contributed by atoms with Crippen LogP contribution in [0.3, 0.4) is 0 Å². The molecule has 2 aromatic carbocycles. The first-order valence-corrected chi connectivity index (χ1v) is 12.8. The molecule has 0 unspecified atom stereocenters. The summed E-state index contributed by atoms with van der Waals surface area (Å²) in [5.41, 5.74) is 4.64. The molecule has 5 aromatic rings. The van der Waals surface area contributed by atoms with Gasteiger partial charge in [0.15, 0.2) is 5.82 Å².